The maximum atomic E-state index is 13.9. The third kappa shape index (κ3) is 3.57. The van der Waals surface area contributed by atoms with Crippen molar-refractivity contribution in [3.05, 3.63) is 104 Å². The summed E-state index contributed by atoms with van der Waals surface area (Å²) in [4.78, 5) is 28.5. The number of aromatic nitrogens is 5. The van der Waals surface area contributed by atoms with Crippen LogP contribution >= 0.6 is 23.2 Å². The molecule has 0 aliphatic heterocycles. The van der Waals surface area contributed by atoms with E-state index in [0.717, 1.165) is 11.1 Å². The molecule has 0 spiro atoms. The zero-order chi connectivity index (χ0) is 24.3. The zero-order valence-electron chi connectivity index (χ0n) is 19.0. The number of para-hydroxylation sites is 2. The van der Waals surface area contributed by atoms with E-state index >= 15 is 0 Å². The van der Waals surface area contributed by atoms with Gasteiger partial charge in [-0.3, -0.25) is 13.9 Å². The summed E-state index contributed by atoms with van der Waals surface area (Å²) >= 11 is 12.5. The number of hydrogen-bond acceptors (Lipinski definition) is 4. The number of nitrogens with zero attached hydrogens (tertiary/aromatic N) is 5. The fraction of sp³-hybridized carbons (Fsp3) is 0.111. The van der Waals surface area contributed by atoms with E-state index in [9.17, 15) is 4.79 Å². The second-order valence-electron chi connectivity index (χ2n) is 8.55. The van der Waals surface area contributed by atoms with Gasteiger partial charge in [0.15, 0.2) is 11.3 Å². The van der Waals surface area contributed by atoms with Gasteiger partial charge >= 0.3 is 0 Å². The van der Waals surface area contributed by atoms with Crippen LogP contribution in [0, 0.1) is 13.8 Å². The summed E-state index contributed by atoms with van der Waals surface area (Å²) in [6.07, 6.45) is 0. The van der Waals surface area contributed by atoms with Crippen molar-refractivity contribution in [1.82, 2.24) is 24.1 Å². The summed E-state index contributed by atoms with van der Waals surface area (Å²) in [5.41, 5.74) is 5.67. The lowest BCUT2D eigenvalue weighted by molar-refractivity contribution is 0.711. The maximum Gasteiger partial charge on any atom is 0.265 e. The van der Waals surface area contributed by atoms with Gasteiger partial charge in [-0.15, -0.1) is 0 Å². The van der Waals surface area contributed by atoms with Gasteiger partial charge in [0.25, 0.3) is 5.56 Å². The highest BCUT2D eigenvalue weighted by Gasteiger charge is 2.22. The molecule has 6 rings (SSSR count). The summed E-state index contributed by atoms with van der Waals surface area (Å²) in [6, 6.07) is 21.0. The van der Waals surface area contributed by atoms with E-state index in [4.69, 9.17) is 38.2 Å². The van der Waals surface area contributed by atoms with Crippen LogP contribution in [0.2, 0.25) is 10.0 Å². The highest BCUT2D eigenvalue weighted by atomic mass is 35.5. The average molecular weight is 500 g/mol. The van der Waals surface area contributed by atoms with E-state index in [2.05, 4.69) is 0 Å². The van der Waals surface area contributed by atoms with Crippen LogP contribution in [0.5, 0.6) is 0 Å². The van der Waals surface area contributed by atoms with Gasteiger partial charge in [0.05, 0.1) is 33.3 Å². The highest BCUT2D eigenvalue weighted by molar-refractivity contribution is 6.42. The summed E-state index contributed by atoms with van der Waals surface area (Å²) in [6.45, 7) is 4.28. The largest absolute Gasteiger partial charge is 0.292 e. The number of aryl methyl sites for hydroxylation is 2. The van der Waals surface area contributed by atoms with E-state index in [-0.39, 0.29) is 5.56 Å². The van der Waals surface area contributed by atoms with Gasteiger partial charge < -0.3 is 0 Å². The number of hydrogen-bond donors (Lipinski definition) is 0. The van der Waals surface area contributed by atoms with Crippen LogP contribution in [-0.4, -0.2) is 24.1 Å². The van der Waals surface area contributed by atoms with Crippen molar-refractivity contribution < 1.29 is 0 Å². The van der Waals surface area contributed by atoms with Crippen molar-refractivity contribution in [2.24, 2.45) is 0 Å². The number of benzene rings is 3. The second kappa shape index (κ2) is 8.18. The van der Waals surface area contributed by atoms with E-state index in [1.807, 2.05) is 73.0 Å². The van der Waals surface area contributed by atoms with Gasteiger partial charge in [0, 0.05) is 0 Å². The molecule has 6 nitrogen and oxygen atoms in total. The molecule has 0 atom stereocenters. The molecule has 0 radical (unpaired) electrons. The van der Waals surface area contributed by atoms with Crippen molar-refractivity contribution in [1.29, 1.82) is 0 Å². The molecular weight excluding hydrogens is 481 g/mol. The Labute approximate surface area is 210 Å². The van der Waals surface area contributed by atoms with Gasteiger partial charge in [-0.2, -0.15) is 0 Å². The van der Waals surface area contributed by atoms with Crippen molar-refractivity contribution in [3.8, 4) is 5.69 Å². The Morgan fingerprint density at radius 2 is 1.51 bits per heavy atom. The first-order valence-electron chi connectivity index (χ1n) is 11.1. The third-order valence-corrected chi connectivity index (χ3v) is 6.92. The van der Waals surface area contributed by atoms with Crippen LogP contribution in [0.15, 0.2) is 71.5 Å². The van der Waals surface area contributed by atoms with Crippen molar-refractivity contribution >= 4 is 56.4 Å². The molecular formula is C27H19Cl2N5O. The Hall–Kier alpha value is -3.74. The SMILES string of the molecule is Cc1ccc(Cn2c(C)nc3c(c2=O)c2nc4ccccc4nc2n3-c2ccc(Cl)c(Cl)c2)cc1. The minimum Gasteiger partial charge on any atom is -0.292 e. The van der Waals surface area contributed by atoms with E-state index in [1.165, 1.54) is 5.56 Å². The molecule has 0 unspecified atom stereocenters. The molecule has 0 fully saturated rings. The summed E-state index contributed by atoms with van der Waals surface area (Å²) in [5, 5.41) is 1.26. The van der Waals surface area contributed by atoms with Gasteiger partial charge in [-0.05, 0) is 49.7 Å². The molecule has 3 heterocycles. The Morgan fingerprint density at radius 1 is 0.800 bits per heavy atom. The third-order valence-electron chi connectivity index (χ3n) is 6.18. The van der Waals surface area contributed by atoms with Crippen LogP contribution in [0.1, 0.15) is 17.0 Å². The van der Waals surface area contributed by atoms with Gasteiger partial charge in [0.2, 0.25) is 0 Å². The molecule has 8 heteroatoms. The van der Waals surface area contributed by atoms with E-state index in [0.29, 0.717) is 55.8 Å². The summed E-state index contributed by atoms with van der Waals surface area (Å²) in [5.74, 6) is 0.594. The van der Waals surface area contributed by atoms with Gasteiger partial charge in [-0.1, -0.05) is 65.2 Å². The van der Waals surface area contributed by atoms with Crippen LogP contribution in [0.3, 0.4) is 0 Å². The number of rotatable bonds is 3. The first-order chi connectivity index (χ1) is 16.9. The van der Waals surface area contributed by atoms with Crippen LogP contribution in [0.4, 0.5) is 0 Å². The highest BCUT2D eigenvalue weighted by Crippen LogP contribution is 2.31. The molecule has 6 aromatic rings. The lowest BCUT2D eigenvalue weighted by atomic mass is 10.1. The molecule has 0 aliphatic rings. The van der Waals surface area contributed by atoms with Crippen molar-refractivity contribution in [2.45, 2.75) is 20.4 Å². The standard InChI is InChI=1S/C27H19Cl2N5O/c1-15-7-9-17(10-8-15)14-33-16(2)30-25-23(27(33)35)24-26(32-22-6-4-3-5-21(22)31-24)34(25)18-11-12-19(28)20(29)13-18/h3-13H,14H2,1-2H3. The lowest BCUT2D eigenvalue weighted by Crippen LogP contribution is -2.24. The second-order valence-corrected chi connectivity index (χ2v) is 9.37. The van der Waals surface area contributed by atoms with Crippen LogP contribution in [0.25, 0.3) is 38.9 Å². The smallest absolute Gasteiger partial charge is 0.265 e. The monoisotopic (exact) mass is 499 g/mol. The topological polar surface area (TPSA) is 65.6 Å². The molecule has 0 aliphatic carbocycles. The first-order valence-corrected chi connectivity index (χ1v) is 11.9. The maximum absolute atomic E-state index is 13.9. The fourth-order valence-electron chi connectivity index (χ4n) is 4.36. The molecule has 0 N–H and O–H groups in total. The summed E-state index contributed by atoms with van der Waals surface area (Å²) < 4.78 is 3.51. The zero-order valence-corrected chi connectivity index (χ0v) is 20.5. The Morgan fingerprint density at radius 3 is 2.23 bits per heavy atom. The number of halogens is 2. The molecule has 3 aromatic heterocycles. The molecule has 3 aromatic carbocycles. The fourth-order valence-corrected chi connectivity index (χ4v) is 4.65. The predicted molar refractivity (Wildman–Crippen MR) is 141 cm³/mol. The normalized spacial score (nSPS) is 11.7. The Balaban J connectivity index is 1.71. The minimum absolute atomic E-state index is 0.165. The summed E-state index contributed by atoms with van der Waals surface area (Å²) in [7, 11) is 0. The van der Waals surface area contributed by atoms with E-state index in [1.54, 1.807) is 16.7 Å². The van der Waals surface area contributed by atoms with Crippen LogP contribution in [-0.2, 0) is 6.54 Å². The van der Waals surface area contributed by atoms with Gasteiger partial charge in [0.1, 0.15) is 16.7 Å². The predicted octanol–water partition coefficient (Wildman–Crippen LogP) is 6.26. The Kier molecular flexibility index (Phi) is 5.09. The molecule has 0 saturated carbocycles. The quantitative estimate of drug-likeness (QED) is 0.288. The molecule has 35 heavy (non-hydrogen) atoms. The molecule has 172 valence electrons. The van der Waals surface area contributed by atoms with Crippen LogP contribution < -0.4 is 5.56 Å². The molecule has 0 amide bonds. The molecule has 0 bridgehead atoms. The number of fused-ring (bicyclic) bond motifs is 4. The Bertz CT molecular complexity index is 1840. The van der Waals surface area contributed by atoms with E-state index < -0.39 is 0 Å². The first kappa shape index (κ1) is 21.8. The lowest BCUT2D eigenvalue weighted by Gasteiger charge is -2.11. The van der Waals surface area contributed by atoms with Crippen molar-refractivity contribution in [2.75, 3.05) is 0 Å². The minimum atomic E-state index is -0.165. The molecule has 0 saturated heterocycles. The van der Waals surface area contributed by atoms with Gasteiger partial charge in [-0.25, -0.2) is 15.0 Å². The average Bonchev–Trinajstić information content (AvgIpc) is 3.16. The van der Waals surface area contributed by atoms with Crippen molar-refractivity contribution in [3.63, 3.8) is 0 Å².